The highest BCUT2D eigenvalue weighted by atomic mass is 127. The topological polar surface area (TPSA) is 66.0 Å². The van der Waals surface area contributed by atoms with Crippen molar-refractivity contribution in [3.05, 3.63) is 64.7 Å². The number of carbonyl (C=O) groups is 1. The highest BCUT2D eigenvalue weighted by Crippen LogP contribution is 2.30. The molecule has 0 aromatic heterocycles. The molecule has 174 valence electrons. The number of aryl methyl sites for hydroxylation is 1. The van der Waals surface area contributed by atoms with Crippen molar-refractivity contribution in [3.63, 3.8) is 0 Å². The fraction of sp³-hybridized carbons (Fsp3) is 0.440. The summed E-state index contributed by atoms with van der Waals surface area (Å²) in [6.45, 7) is 4.26. The van der Waals surface area contributed by atoms with Crippen molar-refractivity contribution in [1.82, 2.24) is 15.5 Å². The molecule has 0 saturated heterocycles. The highest BCUT2D eigenvalue weighted by molar-refractivity contribution is 14.0. The van der Waals surface area contributed by atoms with E-state index < -0.39 is 0 Å². The van der Waals surface area contributed by atoms with Crippen LogP contribution >= 0.6 is 24.0 Å². The zero-order valence-electron chi connectivity index (χ0n) is 19.5. The van der Waals surface area contributed by atoms with Crippen LogP contribution in [0.4, 0.5) is 0 Å². The van der Waals surface area contributed by atoms with Gasteiger partial charge in [-0.2, -0.15) is 0 Å². The van der Waals surface area contributed by atoms with Crippen LogP contribution in [-0.4, -0.2) is 51.1 Å². The Bertz CT molecular complexity index is 926. The second kappa shape index (κ2) is 12.7. The molecule has 3 rings (SSSR count). The summed E-state index contributed by atoms with van der Waals surface area (Å²) >= 11 is 0. The zero-order chi connectivity index (χ0) is 22.2. The first-order valence-electron chi connectivity index (χ1n) is 10.9. The van der Waals surface area contributed by atoms with Gasteiger partial charge in [0, 0.05) is 45.4 Å². The zero-order valence-corrected chi connectivity index (χ0v) is 21.8. The van der Waals surface area contributed by atoms with Crippen LogP contribution in [0.25, 0.3) is 0 Å². The Morgan fingerprint density at radius 3 is 2.62 bits per heavy atom. The van der Waals surface area contributed by atoms with Gasteiger partial charge in [-0.15, -0.1) is 24.0 Å². The van der Waals surface area contributed by atoms with Crippen LogP contribution in [0, 0.1) is 12.8 Å². The van der Waals surface area contributed by atoms with Gasteiger partial charge in [-0.25, -0.2) is 0 Å². The average Bonchev–Trinajstić information content (AvgIpc) is 3.59. The van der Waals surface area contributed by atoms with Crippen molar-refractivity contribution in [2.24, 2.45) is 10.9 Å². The summed E-state index contributed by atoms with van der Waals surface area (Å²) in [4.78, 5) is 18.1. The summed E-state index contributed by atoms with van der Waals surface area (Å²) in [7, 11) is 5.30. The fourth-order valence-corrected chi connectivity index (χ4v) is 3.28. The number of halogens is 1. The molecule has 1 aliphatic carbocycles. The monoisotopic (exact) mass is 550 g/mol. The molecule has 1 fully saturated rings. The predicted octanol–water partition coefficient (Wildman–Crippen LogP) is 4.01. The third-order valence-electron chi connectivity index (χ3n) is 5.35. The Morgan fingerprint density at radius 1 is 1.16 bits per heavy atom. The maximum Gasteiger partial charge on any atom is 0.253 e. The van der Waals surface area contributed by atoms with Gasteiger partial charge in [-0.05, 0) is 61.4 Å². The van der Waals surface area contributed by atoms with E-state index in [0.29, 0.717) is 12.1 Å². The first-order chi connectivity index (χ1) is 15.0. The van der Waals surface area contributed by atoms with Crippen LogP contribution in [0.2, 0.25) is 0 Å². The molecule has 0 bridgehead atoms. The van der Waals surface area contributed by atoms with Gasteiger partial charge in [-0.3, -0.25) is 9.79 Å². The quantitative estimate of drug-likeness (QED) is 0.282. The van der Waals surface area contributed by atoms with E-state index in [0.717, 1.165) is 48.3 Å². The molecular weight excluding hydrogens is 515 g/mol. The number of carbonyl (C=O) groups excluding carboxylic acids is 1. The maximum absolute atomic E-state index is 12.2. The average molecular weight is 550 g/mol. The number of ether oxygens (including phenoxy) is 1. The second-order valence-corrected chi connectivity index (χ2v) is 8.37. The van der Waals surface area contributed by atoms with E-state index in [1.165, 1.54) is 18.4 Å². The van der Waals surface area contributed by atoms with Crippen LogP contribution in [0.3, 0.4) is 0 Å². The van der Waals surface area contributed by atoms with Crippen molar-refractivity contribution >= 4 is 35.8 Å². The number of aliphatic imine (C=N–C) groups is 1. The van der Waals surface area contributed by atoms with Gasteiger partial charge < -0.3 is 20.3 Å². The molecule has 0 heterocycles. The number of rotatable bonds is 9. The van der Waals surface area contributed by atoms with E-state index in [1.807, 2.05) is 24.3 Å². The molecule has 2 aromatic carbocycles. The lowest BCUT2D eigenvalue weighted by Crippen LogP contribution is -2.38. The Labute approximate surface area is 208 Å². The summed E-state index contributed by atoms with van der Waals surface area (Å²) in [5, 5.41) is 6.73. The summed E-state index contributed by atoms with van der Waals surface area (Å²) in [5.74, 6) is 2.44. The molecule has 0 aliphatic heterocycles. The van der Waals surface area contributed by atoms with E-state index in [1.54, 1.807) is 26.0 Å². The summed E-state index contributed by atoms with van der Waals surface area (Å²) in [5.41, 5.74) is 4.16. The molecule has 0 unspecified atom stereocenters. The third-order valence-corrected chi connectivity index (χ3v) is 5.35. The molecule has 6 nitrogen and oxygen atoms in total. The normalized spacial score (nSPS) is 13.2. The van der Waals surface area contributed by atoms with Crippen LogP contribution in [0.15, 0.2) is 47.5 Å². The predicted molar refractivity (Wildman–Crippen MR) is 141 cm³/mol. The first kappa shape index (κ1) is 26.0. The Balaban J connectivity index is 0.00000363. The molecular formula is C25H35IN4O2. The van der Waals surface area contributed by atoms with Gasteiger partial charge in [-0.1, -0.05) is 24.3 Å². The molecule has 0 spiro atoms. The minimum absolute atomic E-state index is 0. The minimum atomic E-state index is 0. The lowest BCUT2D eigenvalue weighted by molar-refractivity contribution is 0.0827. The van der Waals surface area contributed by atoms with Crippen LogP contribution < -0.4 is 15.4 Å². The van der Waals surface area contributed by atoms with Gasteiger partial charge in [0.2, 0.25) is 0 Å². The molecule has 1 aliphatic rings. The van der Waals surface area contributed by atoms with Crippen LogP contribution in [0.1, 0.15) is 39.9 Å². The van der Waals surface area contributed by atoms with Gasteiger partial charge in [0.1, 0.15) is 5.75 Å². The van der Waals surface area contributed by atoms with Crippen LogP contribution in [0.5, 0.6) is 5.75 Å². The highest BCUT2D eigenvalue weighted by Gasteiger charge is 2.22. The molecule has 2 aromatic rings. The van der Waals surface area contributed by atoms with E-state index in [2.05, 4.69) is 40.7 Å². The number of hydrogen-bond donors (Lipinski definition) is 2. The van der Waals surface area contributed by atoms with E-state index >= 15 is 0 Å². The minimum Gasteiger partial charge on any atom is -0.493 e. The van der Waals surface area contributed by atoms with Gasteiger partial charge >= 0.3 is 0 Å². The van der Waals surface area contributed by atoms with Gasteiger partial charge in [0.05, 0.1) is 6.61 Å². The van der Waals surface area contributed by atoms with Crippen molar-refractivity contribution in [3.8, 4) is 5.75 Å². The SMILES string of the molecule is CN=C(NCCc1cccc(C(=O)N(C)C)c1)NCc1ccc(C)cc1OCC1CC1.I. The summed E-state index contributed by atoms with van der Waals surface area (Å²) < 4.78 is 6.06. The second-order valence-electron chi connectivity index (χ2n) is 8.37. The van der Waals surface area contributed by atoms with Crippen molar-refractivity contribution < 1.29 is 9.53 Å². The maximum atomic E-state index is 12.2. The number of amides is 1. The van der Waals surface area contributed by atoms with Gasteiger partial charge in [0.15, 0.2) is 5.96 Å². The Morgan fingerprint density at radius 2 is 1.94 bits per heavy atom. The number of guanidine groups is 1. The van der Waals surface area contributed by atoms with E-state index in [-0.39, 0.29) is 29.9 Å². The van der Waals surface area contributed by atoms with Crippen LogP contribution in [-0.2, 0) is 13.0 Å². The largest absolute Gasteiger partial charge is 0.493 e. The lowest BCUT2D eigenvalue weighted by Gasteiger charge is -2.16. The molecule has 0 atom stereocenters. The molecule has 2 N–H and O–H groups in total. The molecule has 32 heavy (non-hydrogen) atoms. The number of hydrogen-bond acceptors (Lipinski definition) is 3. The van der Waals surface area contributed by atoms with E-state index in [9.17, 15) is 4.79 Å². The van der Waals surface area contributed by atoms with Crippen molar-refractivity contribution in [1.29, 1.82) is 0 Å². The molecule has 7 heteroatoms. The number of benzene rings is 2. The Kier molecular flexibility index (Phi) is 10.3. The first-order valence-corrected chi connectivity index (χ1v) is 10.9. The number of nitrogens with zero attached hydrogens (tertiary/aromatic N) is 2. The molecule has 1 saturated carbocycles. The van der Waals surface area contributed by atoms with E-state index in [4.69, 9.17) is 4.74 Å². The molecule has 0 radical (unpaired) electrons. The van der Waals surface area contributed by atoms with Gasteiger partial charge in [0.25, 0.3) is 5.91 Å². The molecule has 1 amide bonds. The number of nitrogens with one attached hydrogen (secondary N) is 2. The fourth-order valence-electron chi connectivity index (χ4n) is 3.28. The summed E-state index contributed by atoms with van der Waals surface area (Å²) in [6.07, 6.45) is 3.36. The smallest absolute Gasteiger partial charge is 0.253 e. The summed E-state index contributed by atoms with van der Waals surface area (Å²) in [6, 6.07) is 14.1. The lowest BCUT2D eigenvalue weighted by atomic mass is 10.1. The van der Waals surface area contributed by atoms with Crippen molar-refractivity contribution in [2.45, 2.75) is 32.7 Å². The van der Waals surface area contributed by atoms with Crippen molar-refractivity contribution in [2.75, 3.05) is 34.3 Å². The standard InChI is InChI=1S/C25H34N4O2.HI/c1-18-8-11-22(23(14-18)31-17-20-9-10-20)16-28-25(26-2)27-13-12-19-6-5-7-21(15-19)24(30)29(3)4;/h5-8,11,14-15,20H,9-10,12-13,16-17H2,1-4H3,(H2,26,27,28);1H. The Hall–Kier alpha value is -2.29. The third kappa shape index (κ3) is 8.00.